The van der Waals surface area contributed by atoms with Gasteiger partial charge in [-0.1, -0.05) is 19.1 Å². The Morgan fingerprint density at radius 3 is 2.05 bits per heavy atom. The Bertz CT molecular complexity index is 625. The number of carboxylic acids is 1. The SMILES string of the molecule is CCc1ccc(S(=O)(=O)NC(C)(C(=O)O)C(F)(F)F)cc1. The Kier molecular flexibility index (Phi) is 4.69. The van der Waals surface area contributed by atoms with E-state index in [0.29, 0.717) is 6.42 Å². The molecule has 1 aromatic rings. The molecule has 0 saturated carbocycles. The Morgan fingerprint density at radius 2 is 1.71 bits per heavy atom. The zero-order chi connectivity index (χ0) is 16.5. The molecule has 1 unspecified atom stereocenters. The van der Waals surface area contributed by atoms with Crippen LogP contribution in [0.3, 0.4) is 0 Å². The van der Waals surface area contributed by atoms with Gasteiger partial charge in [0, 0.05) is 0 Å². The fraction of sp³-hybridized carbons (Fsp3) is 0.417. The first-order valence-corrected chi connectivity index (χ1v) is 7.35. The second kappa shape index (κ2) is 5.64. The van der Waals surface area contributed by atoms with Crippen molar-refractivity contribution >= 4 is 16.0 Å². The van der Waals surface area contributed by atoms with E-state index >= 15 is 0 Å². The van der Waals surface area contributed by atoms with Crippen LogP contribution >= 0.6 is 0 Å². The molecule has 0 bridgehead atoms. The van der Waals surface area contributed by atoms with Crippen LogP contribution in [0.4, 0.5) is 13.2 Å². The molecule has 118 valence electrons. The number of carbonyl (C=O) groups is 1. The predicted molar refractivity (Wildman–Crippen MR) is 68.2 cm³/mol. The Hall–Kier alpha value is -1.61. The summed E-state index contributed by atoms with van der Waals surface area (Å²) >= 11 is 0. The van der Waals surface area contributed by atoms with Gasteiger partial charge in [-0.2, -0.15) is 17.9 Å². The highest BCUT2D eigenvalue weighted by Crippen LogP contribution is 2.32. The molecule has 5 nitrogen and oxygen atoms in total. The minimum atomic E-state index is -5.28. The minimum absolute atomic E-state index is 0.257. The lowest BCUT2D eigenvalue weighted by atomic mass is 10.0. The molecular weight excluding hydrogens is 311 g/mol. The van der Waals surface area contributed by atoms with Crippen LogP contribution < -0.4 is 4.72 Å². The van der Waals surface area contributed by atoms with Gasteiger partial charge in [0.15, 0.2) is 0 Å². The number of sulfonamides is 1. The van der Waals surface area contributed by atoms with Crippen molar-refractivity contribution in [2.24, 2.45) is 0 Å². The third kappa shape index (κ3) is 3.53. The molecule has 9 heteroatoms. The van der Waals surface area contributed by atoms with E-state index in [0.717, 1.165) is 17.7 Å². The van der Waals surface area contributed by atoms with Gasteiger partial charge in [0.2, 0.25) is 15.6 Å². The summed E-state index contributed by atoms with van der Waals surface area (Å²) < 4.78 is 63.5. The van der Waals surface area contributed by atoms with Gasteiger partial charge in [-0.05, 0) is 31.0 Å². The Morgan fingerprint density at radius 1 is 1.24 bits per heavy atom. The molecule has 0 radical (unpaired) electrons. The quantitative estimate of drug-likeness (QED) is 0.866. The average molecular weight is 325 g/mol. The molecular formula is C12H14F3NO4S. The van der Waals surface area contributed by atoms with Gasteiger partial charge in [0.05, 0.1) is 4.90 Å². The van der Waals surface area contributed by atoms with E-state index < -0.39 is 32.6 Å². The molecule has 0 heterocycles. The van der Waals surface area contributed by atoms with Gasteiger partial charge in [-0.25, -0.2) is 13.2 Å². The molecule has 0 spiro atoms. The van der Waals surface area contributed by atoms with Crippen LogP contribution in [0.2, 0.25) is 0 Å². The number of aryl methyl sites for hydroxylation is 1. The first-order chi connectivity index (χ1) is 9.44. The number of benzene rings is 1. The third-order valence-corrected chi connectivity index (χ3v) is 4.54. The second-order valence-electron chi connectivity index (χ2n) is 4.53. The van der Waals surface area contributed by atoms with Crippen LogP contribution in [0.15, 0.2) is 29.2 Å². The lowest BCUT2D eigenvalue weighted by Gasteiger charge is -2.28. The van der Waals surface area contributed by atoms with Crippen molar-refractivity contribution in [1.82, 2.24) is 4.72 Å². The highest BCUT2D eigenvalue weighted by atomic mass is 32.2. The fourth-order valence-electron chi connectivity index (χ4n) is 1.45. The van der Waals surface area contributed by atoms with Crippen molar-refractivity contribution in [3.05, 3.63) is 29.8 Å². The van der Waals surface area contributed by atoms with E-state index in [9.17, 15) is 26.4 Å². The minimum Gasteiger partial charge on any atom is -0.480 e. The molecule has 0 aliphatic heterocycles. The molecule has 2 N–H and O–H groups in total. The van der Waals surface area contributed by atoms with Gasteiger partial charge in [0.25, 0.3) is 0 Å². The smallest absolute Gasteiger partial charge is 0.418 e. The fourth-order valence-corrected chi connectivity index (χ4v) is 2.81. The number of aliphatic carboxylic acids is 1. The topological polar surface area (TPSA) is 83.5 Å². The molecule has 0 saturated heterocycles. The number of hydrogen-bond donors (Lipinski definition) is 2. The first-order valence-electron chi connectivity index (χ1n) is 5.87. The standard InChI is InChI=1S/C12H14F3NO4S/c1-3-8-4-6-9(7-5-8)21(19,20)16-11(2,10(17)18)12(13,14)15/h4-7,16H,3H2,1-2H3,(H,17,18). The largest absolute Gasteiger partial charge is 0.480 e. The monoisotopic (exact) mass is 325 g/mol. The van der Waals surface area contributed by atoms with Crippen LogP contribution in [0.25, 0.3) is 0 Å². The van der Waals surface area contributed by atoms with Gasteiger partial charge in [0.1, 0.15) is 0 Å². The maximum Gasteiger partial charge on any atom is 0.418 e. The van der Waals surface area contributed by atoms with Crippen LogP contribution in [-0.2, 0) is 21.2 Å². The van der Waals surface area contributed by atoms with Crippen LogP contribution in [0.1, 0.15) is 19.4 Å². The van der Waals surface area contributed by atoms with E-state index in [1.807, 2.05) is 6.92 Å². The zero-order valence-corrected chi connectivity index (χ0v) is 12.0. The second-order valence-corrected chi connectivity index (χ2v) is 6.21. The molecule has 0 aromatic heterocycles. The lowest BCUT2D eigenvalue weighted by molar-refractivity contribution is -0.201. The van der Waals surface area contributed by atoms with E-state index in [1.54, 1.807) is 0 Å². The number of alkyl halides is 3. The van der Waals surface area contributed by atoms with Crippen molar-refractivity contribution in [2.75, 3.05) is 0 Å². The van der Waals surface area contributed by atoms with Crippen molar-refractivity contribution < 1.29 is 31.5 Å². The van der Waals surface area contributed by atoms with E-state index in [2.05, 4.69) is 0 Å². The Labute approximate surface area is 119 Å². The number of carboxylic acid groups (broad SMARTS) is 1. The number of nitrogens with one attached hydrogen (secondary N) is 1. The van der Waals surface area contributed by atoms with Crippen LogP contribution in [-0.4, -0.2) is 31.2 Å². The number of hydrogen-bond acceptors (Lipinski definition) is 3. The highest BCUT2D eigenvalue weighted by molar-refractivity contribution is 7.89. The van der Waals surface area contributed by atoms with Crippen molar-refractivity contribution in [2.45, 2.75) is 36.9 Å². The normalized spacial score (nSPS) is 15.5. The third-order valence-electron chi connectivity index (χ3n) is 2.98. The summed E-state index contributed by atoms with van der Waals surface area (Å²) in [4.78, 5) is 10.4. The summed E-state index contributed by atoms with van der Waals surface area (Å²) in [5.74, 6) is -2.33. The summed E-state index contributed by atoms with van der Waals surface area (Å²) in [7, 11) is -4.62. The van der Waals surface area contributed by atoms with Crippen LogP contribution in [0, 0.1) is 0 Å². The van der Waals surface area contributed by atoms with Gasteiger partial charge < -0.3 is 5.11 Å². The summed E-state index contributed by atoms with van der Waals surface area (Å²) in [6, 6.07) is 5.14. The van der Waals surface area contributed by atoms with E-state index in [1.165, 1.54) is 16.9 Å². The molecule has 1 atom stereocenters. The lowest BCUT2D eigenvalue weighted by Crippen LogP contribution is -2.61. The van der Waals surface area contributed by atoms with Crippen LogP contribution in [0.5, 0.6) is 0 Å². The maximum absolute atomic E-state index is 12.8. The number of halogens is 3. The highest BCUT2D eigenvalue weighted by Gasteiger charge is 2.59. The summed E-state index contributed by atoms with van der Waals surface area (Å²) in [5.41, 5.74) is -2.80. The predicted octanol–water partition coefficient (Wildman–Crippen LogP) is 1.93. The van der Waals surface area contributed by atoms with E-state index in [4.69, 9.17) is 5.11 Å². The summed E-state index contributed by atoms with van der Waals surface area (Å²) in [5, 5.41) is 8.71. The molecule has 0 aliphatic carbocycles. The summed E-state index contributed by atoms with van der Waals surface area (Å²) in [6.07, 6.45) is -4.65. The van der Waals surface area contributed by atoms with Gasteiger partial charge >= 0.3 is 12.1 Å². The van der Waals surface area contributed by atoms with Crippen molar-refractivity contribution in [1.29, 1.82) is 0 Å². The van der Waals surface area contributed by atoms with E-state index in [-0.39, 0.29) is 6.92 Å². The molecule has 1 aromatic carbocycles. The zero-order valence-electron chi connectivity index (χ0n) is 11.2. The summed E-state index contributed by atoms with van der Waals surface area (Å²) in [6.45, 7) is 2.08. The molecule has 0 amide bonds. The first kappa shape index (κ1) is 17.4. The average Bonchev–Trinajstić information content (AvgIpc) is 2.36. The molecule has 0 fully saturated rings. The molecule has 21 heavy (non-hydrogen) atoms. The number of rotatable bonds is 5. The molecule has 0 aliphatic rings. The van der Waals surface area contributed by atoms with Gasteiger partial charge in [-0.15, -0.1) is 0 Å². The van der Waals surface area contributed by atoms with Gasteiger partial charge in [-0.3, -0.25) is 0 Å². The maximum atomic E-state index is 12.8. The Balaban J connectivity index is 3.21. The van der Waals surface area contributed by atoms with Crippen molar-refractivity contribution in [3.63, 3.8) is 0 Å². The molecule has 1 rings (SSSR count). The van der Waals surface area contributed by atoms with Crippen molar-refractivity contribution in [3.8, 4) is 0 Å².